The molecule has 0 radical (unpaired) electrons. The lowest BCUT2D eigenvalue weighted by Gasteiger charge is -2.05. The van der Waals surface area contributed by atoms with Gasteiger partial charge < -0.3 is 5.11 Å². The van der Waals surface area contributed by atoms with Crippen molar-refractivity contribution in [2.24, 2.45) is 5.92 Å². The van der Waals surface area contributed by atoms with E-state index in [1.54, 1.807) is 12.1 Å². The summed E-state index contributed by atoms with van der Waals surface area (Å²) in [6.07, 6.45) is 3.86. The van der Waals surface area contributed by atoms with Crippen LogP contribution >= 0.6 is 15.9 Å². The Labute approximate surface area is 120 Å². The third-order valence-corrected chi connectivity index (χ3v) is 3.17. The molecule has 0 spiro atoms. The first-order valence-electron chi connectivity index (χ1n) is 5.99. The Hall–Kier alpha value is -1.68. The summed E-state index contributed by atoms with van der Waals surface area (Å²) in [6.45, 7) is 4.12. The maximum atomic E-state index is 11.3. The molecule has 19 heavy (non-hydrogen) atoms. The Morgan fingerprint density at radius 3 is 2.74 bits per heavy atom. The number of halogens is 1. The van der Waals surface area contributed by atoms with Gasteiger partial charge in [0, 0.05) is 9.86 Å². The van der Waals surface area contributed by atoms with Gasteiger partial charge in [-0.2, -0.15) is 0 Å². The van der Waals surface area contributed by atoms with E-state index in [0.29, 0.717) is 22.5 Å². The zero-order valence-corrected chi connectivity index (χ0v) is 12.3. The van der Waals surface area contributed by atoms with Crippen molar-refractivity contribution >= 4 is 38.9 Å². The molecule has 0 bridgehead atoms. The highest BCUT2D eigenvalue weighted by Crippen LogP contribution is 2.23. The summed E-state index contributed by atoms with van der Waals surface area (Å²) >= 11 is 3.35. The molecular weight excluding hydrogens is 306 g/mol. The summed E-state index contributed by atoms with van der Waals surface area (Å²) in [6, 6.07) is 7.06. The molecule has 0 saturated heterocycles. The Morgan fingerprint density at radius 2 is 2.11 bits per heavy atom. The standard InChI is InChI=1S/C15H14BrNO2/c1-9(2)3-5-11-8-13(15(18)19)12-7-10(16)4-6-14(12)17-11/h3-9H,1-2H3,(H,18,19)/b5-3+. The van der Waals surface area contributed by atoms with Gasteiger partial charge in [0.1, 0.15) is 0 Å². The number of aromatic nitrogens is 1. The summed E-state index contributed by atoms with van der Waals surface area (Å²) in [7, 11) is 0. The molecular formula is C15H14BrNO2. The highest BCUT2D eigenvalue weighted by atomic mass is 79.9. The summed E-state index contributed by atoms with van der Waals surface area (Å²) in [5.74, 6) is -0.541. The van der Waals surface area contributed by atoms with E-state index < -0.39 is 5.97 Å². The van der Waals surface area contributed by atoms with Crippen molar-refractivity contribution < 1.29 is 9.90 Å². The molecule has 0 unspecified atom stereocenters. The normalized spacial score (nSPS) is 11.6. The quantitative estimate of drug-likeness (QED) is 0.914. The summed E-state index contributed by atoms with van der Waals surface area (Å²) in [5.41, 5.74) is 1.63. The number of hydrogen-bond donors (Lipinski definition) is 1. The second-order valence-electron chi connectivity index (χ2n) is 4.66. The average Bonchev–Trinajstić information content (AvgIpc) is 2.35. The van der Waals surface area contributed by atoms with Crippen LogP contribution in [0, 0.1) is 5.92 Å². The van der Waals surface area contributed by atoms with Gasteiger partial charge in [0.2, 0.25) is 0 Å². The summed E-state index contributed by atoms with van der Waals surface area (Å²) in [5, 5.41) is 9.95. The van der Waals surface area contributed by atoms with Gasteiger partial charge in [0.25, 0.3) is 0 Å². The van der Waals surface area contributed by atoms with Crippen molar-refractivity contribution in [1.82, 2.24) is 4.98 Å². The zero-order chi connectivity index (χ0) is 14.0. The van der Waals surface area contributed by atoms with Crippen LogP contribution in [0.1, 0.15) is 29.9 Å². The molecule has 3 nitrogen and oxygen atoms in total. The van der Waals surface area contributed by atoms with Crippen LogP contribution in [0.3, 0.4) is 0 Å². The predicted octanol–water partition coefficient (Wildman–Crippen LogP) is 4.36. The van der Waals surface area contributed by atoms with Crippen molar-refractivity contribution in [2.75, 3.05) is 0 Å². The van der Waals surface area contributed by atoms with E-state index in [2.05, 4.69) is 34.8 Å². The molecule has 98 valence electrons. The van der Waals surface area contributed by atoms with Gasteiger partial charge in [-0.15, -0.1) is 0 Å². The Morgan fingerprint density at radius 1 is 1.37 bits per heavy atom. The van der Waals surface area contributed by atoms with E-state index in [4.69, 9.17) is 0 Å². The van der Waals surface area contributed by atoms with Crippen LogP contribution in [0.4, 0.5) is 0 Å². The predicted molar refractivity (Wildman–Crippen MR) is 80.3 cm³/mol. The van der Waals surface area contributed by atoms with Crippen LogP contribution in [-0.2, 0) is 0 Å². The van der Waals surface area contributed by atoms with Crippen LogP contribution in [0.5, 0.6) is 0 Å². The molecule has 0 aliphatic carbocycles. The second kappa shape index (κ2) is 5.53. The van der Waals surface area contributed by atoms with Gasteiger partial charge in [-0.1, -0.05) is 35.9 Å². The Balaban J connectivity index is 2.65. The van der Waals surface area contributed by atoms with E-state index in [9.17, 15) is 9.90 Å². The van der Waals surface area contributed by atoms with E-state index in [1.807, 2.05) is 24.3 Å². The molecule has 1 aromatic carbocycles. The number of hydrogen-bond acceptors (Lipinski definition) is 2. The molecule has 0 saturated carbocycles. The maximum absolute atomic E-state index is 11.3. The monoisotopic (exact) mass is 319 g/mol. The molecule has 2 aromatic rings. The fraction of sp³-hybridized carbons (Fsp3) is 0.200. The van der Waals surface area contributed by atoms with Crippen LogP contribution in [-0.4, -0.2) is 16.1 Å². The zero-order valence-electron chi connectivity index (χ0n) is 10.7. The molecule has 0 aliphatic rings. The molecule has 0 fully saturated rings. The minimum absolute atomic E-state index is 0.273. The number of carbonyl (C=O) groups is 1. The molecule has 4 heteroatoms. The summed E-state index contributed by atoms with van der Waals surface area (Å²) in [4.78, 5) is 15.8. The summed E-state index contributed by atoms with van der Waals surface area (Å²) < 4.78 is 0.842. The molecule has 0 amide bonds. The smallest absolute Gasteiger partial charge is 0.336 e. The molecule has 0 aliphatic heterocycles. The number of allylic oxidation sites excluding steroid dienone is 1. The largest absolute Gasteiger partial charge is 0.478 e. The SMILES string of the molecule is CC(C)/C=C/c1cc(C(=O)O)c2cc(Br)ccc2n1. The van der Waals surface area contributed by atoms with Crippen LogP contribution in [0.2, 0.25) is 0 Å². The molecule has 1 aromatic heterocycles. The van der Waals surface area contributed by atoms with Gasteiger partial charge in [-0.3, -0.25) is 0 Å². The fourth-order valence-corrected chi connectivity index (χ4v) is 2.13. The lowest BCUT2D eigenvalue weighted by atomic mass is 10.1. The third kappa shape index (κ3) is 3.20. The van der Waals surface area contributed by atoms with Crippen LogP contribution < -0.4 is 0 Å². The topological polar surface area (TPSA) is 50.2 Å². The number of fused-ring (bicyclic) bond motifs is 1. The Bertz CT molecular complexity index is 662. The lowest BCUT2D eigenvalue weighted by Crippen LogP contribution is -2.00. The first-order valence-corrected chi connectivity index (χ1v) is 6.78. The minimum Gasteiger partial charge on any atom is -0.478 e. The number of carboxylic acids is 1. The second-order valence-corrected chi connectivity index (χ2v) is 5.58. The van der Waals surface area contributed by atoms with Crippen LogP contribution in [0.15, 0.2) is 34.8 Å². The number of carboxylic acid groups (broad SMARTS) is 1. The number of aromatic carboxylic acids is 1. The van der Waals surface area contributed by atoms with E-state index in [0.717, 1.165) is 4.47 Å². The Kier molecular flexibility index (Phi) is 4.00. The van der Waals surface area contributed by atoms with Crippen molar-refractivity contribution in [3.8, 4) is 0 Å². The van der Waals surface area contributed by atoms with Crippen molar-refractivity contribution in [3.63, 3.8) is 0 Å². The number of pyridine rings is 1. The number of benzene rings is 1. The highest BCUT2D eigenvalue weighted by Gasteiger charge is 2.11. The van der Waals surface area contributed by atoms with Crippen molar-refractivity contribution in [3.05, 3.63) is 46.1 Å². The van der Waals surface area contributed by atoms with E-state index in [-0.39, 0.29) is 5.56 Å². The first-order chi connectivity index (χ1) is 8.97. The first kappa shape index (κ1) is 13.7. The molecule has 1 N–H and O–H groups in total. The van der Waals surface area contributed by atoms with Crippen molar-refractivity contribution in [2.45, 2.75) is 13.8 Å². The molecule has 1 heterocycles. The van der Waals surface area contributed by atoms with Gasteiger partial charge in [-0.25, -0.2) is 9.78 Å². The number of rotatable bonds is 3. The lowest BCUT2D eigenvalue weighted by molar-refractivity contribution is 0.0699. The highest BCUT2D eigenvalue weighted by molar-refractivity contribution is 9.10. The third-order valence-electron chi connectivity index (χ3n) is 2.67. The van der Waals surface area contributed by atoms with E-state index in [1.165, 1.54) is 0 Å². The average molecular weight is 320 g/mol. The molecule has 2 rings (SSSR count). The van der Waals surface area contributed by atoms with Gasteiger partial charge in [0.15, 0.2) is 0 Å². The van der Waals surface area contributed by atoms with Crippen LogP contribution in [0.25, 0.3) is 17.0 Å². The molecule has 0 atom stereocenters. The number of nitrogens with zero attached hydrogens (tertiary/aromatic N) is 1. The maximum Gasteiger partial charge on any atom is 0.336 e. The fourth-order valence-electron chi connectivity index (χ4n) is 1.77. The van der Waals surface area contributed by atoms with Gasteiger partial charge in [0.05, 0.1) is 16.8 Å². The minimum atomic E-state index is -0.940. The van der Waals surface area contributed by atoms with Gasteiger partial charge in [-0.05, 0) is 36.3 Å². The van der Waals surface area contributed by atoms with Crippen molar-refractivity contribution in [1.29, 1.82) is 0 Å². The van der Waals surface area contributed by atoms with Gasteiger partial charge >= 0.3 is 5.97 Å². The van der Waals surface area contributed by atoms with E-state index >= 15 is 0 Å².